The SMILES string of the molecule is CC1(C)[C@@H]2CC[C@]13C[Se](Cl)(C/C=C/Cc1ccccc1)O[C@@H]3C2. The van der Waals surface area contributed by atoms with Gasteiger partial charge in [-0.1, -0.05) is 0 Å². The molecule has 0 aromatic heterocycles. The van der Waals surface area contributed by atoms with Crippen LogP contribution in [-0.2, 0) is 10.2 Å². The maximum absolute atomic E-state index is 7.05. The van der Waals surface area contributed by atoms with Crippen LogP contribution in [-0.4, -0.2) is 18.4 Å². The summed E-state index contributed by atoms with van der Waals surface area (Å²) in [5, 5.41) is 2.15. The minimum atomic E-state index is -2.29. The molecule has 2 bridgehead atoms. The van der Waals surface area contributed by atoms with E-state index in [1.54, 1.807) is 0 Å². The van der Waals surface area contributed by atoms with Gasteiger partial charge >= 0.3 is 147 Å². The first-order valence-corrected chi connectivity index (χ1v) is 14.2. The Kier molecular flexibility index (Phi) is 3.97. The molecule has 2 aliphatic carbocycles. The van der Waals surface area contributed by atoms with Crippen molar-refractivity contribution in [2.24, 2.45) is 16.7 Å². The van der Waals surface area contributed by atoms with E-state index < -0.39 is 12.3 Å². The molecule has 1 aliphatic heterocycles. The van der Waals surface area contributed by atoms with Crippen LogP contribution in [0.15, 0.2) is 42.5 Å². The van der Waals surface area contributed by atoms with E-state index in [9.17, 15) is 0 Å². The first kappa shape index (κ1) is 16.2. The number of benzene rings is 1. The quantitative estimate of drug-likeness (QED) is 0.468. The van der Waals surface area contributed by atoms with Gasteiger partial charge in [0.1, 0.15) is 0 Å². The van der Waals surface area contributed by atoms with Crippen LogP contribution in [0, 0.1) is 16.7 Å². The van der Waals surface area contributed by atoms with E-state index in [4.69, 9.17) is 13.9 Å². The molecule has 1 unspecified atom stereocenters. The molecular formula is C20H27ClOSe. The Morgan fingerprint density at radius 1 is 1.26 bits per heavy atom. The molecule has 1 aromatic carbocycles. The summed E-state index contributed by atoms with van der Waals surface area (Å²) in [6, 6.07) is 10.6. The van der Waals surface area contributed by atoms with Crippen LogP contribution in [0.3, 0.4) is 0 Å². The number of allylic oxidation sites excluding steroid dienone is 2. The van der Waals surface area contributed by atoms with Crippen molar-refractivity contribution >= 4 is 22.4 Å². The molecule has 0 amide bonds. The van der Waals surface area contributed by atoms with E-state index in [1.807, 2.05) is 0 Å². The molecule has 1 nitrogen and oxygen atoms in total. The van der Waals surface area contributed by atoms with Crippen molar-refractivity contribution in [1.29, 1.82) is 0 Å². The fourth-order valence-corrected chi connectivity index (χ4v) is 13.0. The Balaban J connectivity index is 1.41. The van der Waals surface area contributed by atoms with Crippen molar-refractivity contribution in [2.75, 3.05) is 0 Å². The first-order valence-electron chi connectivity index (χ1n) is 8.81. The van der Waals surface area contributed by atoms with Crippen LogP contribution in [0.5, 0.6) is 0 Å². The van der Waals surface area contributed by atoms with Gasteiger partial charge in [0.15, 0.2) is 0 Å². The average Bonchev–Trinajstić information content (AvgIpc) is 3.04. The van der Waals surface area contributed by atoms with Gasteiger partial charge in [-0.05, 0) is 0 Å². The molecule has 1 aromatic rings. The minimum absolute atomic E-state index is 0.396. The molecule has 1 saturated heterocycles. The molecule has 23 heavy (non-hydrogen) atoms. The molecule has 4 rings (SSSR count). The summed E-state index contributed by atoms with van der Waals surface area (Å²) in [5.74, 6) is 0.860. The number of hydrogen-bond donors (Lipinski definition) is 0. The molecular weight excluding hydrogens is 371 g/mol. The third-order valence-electron chi connectivity index (χ3n) is 6.83. The van der Waals surface area contributed by atoms with Gasteiger partial charge in [0.2, 0.25) is 0 Å². The van der Waals surface area contributed by atoms with Gasteiger partial charge in [0, 0.05) is 0 Å². The van der Waals surface area contributed by atoms with E-state index >= 15 is 0 Å². The number of halogens is 1. The Hall–Kier alpha value is -0.271. The van der Waals surface area contributed by atoms with Gasteiger partial charge in [-0.25, -0.2) is 0 Å². The molecule has 1 spiro atoms. The Labute approximate surface area is 147 Å². The average molecular weight is 398 g/mol. The molecule has 3 fully saturated rings. The number of fused-ring (bicyclic) bond motifs is 1. The van der Waals surface area contributed by atoms with Crippen LogP contribution in [0.1, 0.15) is 38.7 Å². The summed E-state index contributed by atoms with van der Waals surface area (Å²) in [5.41, 5.74) is 2.19. The van der Waals surface area contributed by atoms with E-state index in [2.05, 4.69) is 56.3 Å². The summed E-state index contributed by atoms with van der Waals surface area (Å²) >= 11 is -2.29. The van der Waals surface area contributed by atoms with Crippen LogP contribution in [0.25, 0.3) is 0 Å². The van der Waals surface area contributed by atoms with Crippen molar-refractivity contribution < 1.29 is 3.82 Å². The first-order chi connectivity index (χ1) is 11.0. The zero-order chi connectivity index (χ0) is 16.1. The van der Waals surface area contributed by atoms with Crippen molar-refractivity contribution in [3.63, 3.8) is 0 Å². The number of hydrogen-bond acceptors (Lipinski definition) is 1. The second kappa shape index (κ2) is 5.63. The second-order valence-corrected chi connectivity index (χ2v) is 15.8. The van der Waals surface area contributed by atoms with Crippen molar-refractivity contribution in [3.8, 4) is 0 Å². The summed E-state index contributed by atoms with van der Waals surface area (Å²) in [7, 11) is 7.05. The van der Waals surface area contributed by atoms with Gasteiger partial charge in [0.25, 0.3) is 0 Å². The molecule has 3 aliphatic rings. The molecule has 3 heteroatoms. The molecule has 1 heterocycles. The summed E-state index contributed by atoms with van der Waals surface area (Å²) in [4.78, 5) is 0. The fourth-order valence-electron chi connectivity index (χ4n) is 5.25. The summed E-state index contributed by atoms with van der Waals surface area (Å²) < 4.78 is 6.56. The normalized spacial score (nSPS) is 43.6. The fraction of sp³-hybridized carbons (Fsp3) is 0.600. The molecule has 0 N–H and O–H groups in total. The Morgan fingerprint density at radius 3 is 2.74 bits per heavy atom. The van der Waals surface area contributed by atoms with Crippen LogP contribution < -0.4 is 0 Å². The predicted molar refractivity (Wildman–Crippen MR) is 98.9 cm³/mol. The standard InChI is InChI=1S/C20H27ClOSe/c1-19(2)17-11-12-20(19)15-23(21,22-18(20)14-17)13-7-6-10-16-8-4-3-5-9-16/h3-9,17-18H,10-15H2,1-2H3/b7-6+/t17-,18-,20-/m1/s1. The van der Waals surface area contributed by atoms with Gasteiger partial charge in [-0.3, -0.25) is 0 Å². The predicted octanol–water partition coefficient (Wildman–Crippen LogP) is 5.69. The maximum atomic E-state index is 7.05. The number of rotatable bonds is 4. The topological polar surface area (TPSA) is 9.23 Å². The van der Waals surface area contributed by atoms with E-state index in [0.717, 1.165) is 17.7 Å². The van der Waals surface area contributed by atoms with Gasteiger partial charge in [-0.15, -0.1) is 0 Å². The van der Waals surface area contributed by atoms with E-state index in [1.165, 1.54) is 30.1 Å². The van der Waals surface area contributed by atoms with Crippen molar-refractivity contribution in [2.45, 2.75) is 56.3 Å². The Morgan fingerprint density at radius 2 is 2.04 bits per heavy atom. The van der Waals surface area contributed by atoms with Crippen LogP contribution in [0.2, 0.25) is 10.6 Å². The van der Waals surface area contributed by atoms with Gasteiger partial charge in [0.05, 0.1) is 0 Å². The third kappa shape index (κ3) is 2.54. The van der Waals surface area contributed by atoms with Crippen LogP contribution >= 0.6 is 10.1 Å². The van der Waals surface area contributed by atoms with Crippen molar-refractivity contribution in [1.82, 2.24) is 0 Å². The van der Waals surface area contributed by atoms with E-state index in [-0.39, 0.29) is 0 Å². The third-order valence-corrected chi connectivity index (χ3v) is 13.1. The van der Waals surface area contributed by atoms with E-state index in [0.29, 0.717) is 16.9 Å². The molecule has 0 radical (unpaired) electrons. The zero-order valence-corrected chi connectivity index (χ0v) is 16.6. The zero-order valence-electron chi connectivity index (χ0n) is 14.1. The van der Waals surface area contributed by atoms with Crippen LogP contribution in [0.4, 0.5) is 0 Å². The van der Waals surface area contributed by atoms with Gasteiger partial charge < -0.3 is 0 Å². The summed E-state index contributed by atoms with van der Waals surface area (Å²) in [6.45, 7) is 4.94. The Bertz CT molecular complexity index is 613. The summed E-state index contributed by atoms with van der Waals surface area (Å²) in [6.07, 6.45) is 10.00. The monoisotopic (exact) mass is 398 g/mol. The molecule has 2 saturated carbocycles. The molecule has 126 valence electrons. The molecule has 4 atom stereocenters. The van der Waals surface area contributed by atoms with Gasteiger partial charge in [-0.2, -0.15) is 0 Å². The second-order valence-electron chi connectivity index (χ2n) is 8.13. The van der Waals surface area contributed by atoms with Crippen molar-refractivity contribution in [3.05, 3.63) is 48.0 Å².